The molecule has 1 atom stereocenters. The average Bonchev–Trinajstić information content (AvgIpc) is 2.47. The zero-order chi connectivity index (χ0) is 15.5. The van der Waals surface area contributed by atoms with Gasteiger partial charge in [0.1, 0.15) is 11.8 Å². The molecule has 0 aromatic heterocycles. The summed E-state index contributed by atoms with van der Waals surface area (Å²) in [7, 11) is -3.85. The molecule has 1 heterocycles. The van der Waals surface area contributed by atoms with Crippen LogP contribution in [0.1, 0.15) is 24.8 Å². The molecule has 7 nitrogen and oxygen atoms in total. The van der Waals surface area contributed by atoms with Gasteiger partial charge in [0.25, 0.3) is 10.2 Å². The van der Waals surface area contributed by atoms with E-state index >= 15 is 0 Å². The van der Waals surface area contributed by atoms with Gasteiger partial charge >= 0.3 is 5.97 Å². The monoisotopic (exact) mass is 314 g/mol. The highest BCUT2D eigenvalue weighted by Gasteiger charge is 2.36. The minimum Gasteiger partial charge on any atom is -0.508 e. The molecule has 1 aromatic carbocycles. The van der Waals surface area contributed by atoms with Gasteiger partial charge in [0, 0.05) is 13.1 Å². The van der Waals surface area contributed by atoms with Crippen LogP contribution >= 0.6 is 0 Å². The molecule has 1 saturated heterocycles. The van der Waals surface area contributed by atoms with E-state index in [-0.39, 0.29) is 18.8 Å². The molecule has 3 N–H and O–H groups in total. The highest BCUT2D eigenvalue weighted by molar-refractivity contribution is 7.87. The fourth-order valence-corrected chi connectivity index (χ4v) is 3.73. The number of aliphatic carboxylic acids is 1. The second kappa shape index (κ2) is 6.42. The molecule has 8 heteroatoms. The van der Waals surface area contributed by atoms with Crippen LogP contribution < -0.4 is 4.72 Å². The number of phenols is 1. The normalized spacial score (nSPS) is 20.3. The molecule has 2 rings (SSSR count). The van der Waals surface area contributed by atoms with Gasteiger partial charge in [-0.25, -0.2) is 0 Å². The number of piperidine rings is 1. The molecule has 0 bridgehead atoms. The van der Waals surface area contributed by atoms with E-state index in [1.807, 2.05) is 0 Å². The third-order valence-electron chi connectivity index (χ3n) is 3.44. The van der Waals surface area contributed by atoms with E-state index < -0.39 is 22.2 Å². The maximum Gasteiger partial charge on any atom is 0.322 e. The summed E-state index contributed by atoms with van der Waals surface area (Å²) in [5, 5.41) is 18.3. The zero-order valence-electron chi connectivity index (χ0n) is 11.4. The Morgan fingerprint density at radius 3 is 2.57 bits per heavy atom. The number of phenolic OH excluding ortho intramolecular Hbond substituents is 1. The molecule has 0 saturated carbocycles. The molecule has 1 aromatic rings. The maximum atomic E-state index is 12.2. The first-order chi connectivity index (χ1) is 9.90. The number of hydrogen-bond acceptors (Lipinski definition) is 4. The number of nitrogens with one attached hydrogen (secondary N) is 1. The fraction of sp³-hybridized carbons (Fsp3) is 0.462. The van der Waals surface area contributed by atoms with Gasteiger partial charge in [0.15, 0.2) is 0 Å². The van der Waals surface area contributed by atoms with Crippen molar-refractivity contribution in [3.05, 3.63) is 29.8 Å². The Balaban J connectivity index is 2.06. The van der Waals surface area contributed by atoms with Crippen molar-refractivity contribution in [1.29, 1.82) is 0 Å². The first-order valence-electron chi connectivity index (χ1n) is 6.67. The van der Waals surface area contributed by atoms with Gasteiger partial charge in [0.05, 0.1) is 0 Å². The SMILES string of the molecule is O=C(O)C1CCCCN1S(=O)(=O)NCc1ccc(O)cc1. The number of aromatic hydroxyl groups is 1. The van der Waals surface area contributed by atoms with Crippen molar-refractivity contribution < 1.29 is 23.4 Å². The summed E-state index contributed by atoms with van der Waals surface area (Å²) in [4.78, 5) is 11.2. The molecule has 0 radical (unpaired) electrons. The van der Waals surface area contributed by atoms with Crippen molar-refractivity contribution in [2.75, 3.05) is 6.54 Å². The second-order valence-electron chi connectivity index (χ2n) is 4.95. The van der Waals surface area contributed by atoms with Crippen LogP contribution in [0.5, 0.6) is 5.75 Å². The fourth-order valence-electron chi connectivity index (χ4n) is 2.31. The van der Waals surface area contributed by atoms with E-state index in [4.69, 9.17) is 5.11 Å². The molecule has 1 fully saturated rings. The summed E-state index contributed by atoms with van der Waals surface area (Å²) >= 11 is 0. The summed E-state index contributed by atoms with van der Waals surface area (Å²) in [5.74, 6) is -1.02. The van der Waals surface area contributed by atoms with Gasteiger partial charge in [-0.05, 0) is 37.0 Å². The number of carboxylic acid groups (broad SMARTS) is 1. The van der Waals surface area contributed by atoms with Gasteiger partial charge in [0.2, 0.25) is 0 Å². The molecule has 1 aliphatic heterocycles. The van der Waals surface area contributed by atoms with Gasteiger partial charge in [-0.15, -0.1) is 0 Å². The lowest BCUT2D eigenvalue weighted by Crippen LogP contribution is -2.51. The molecule has 1 unspecified atom stereocenters. The van der Waals surface area contributed by atoms with Gasteiger partial charge in [-0.3, -0.25) is 4.79 Å². The molecule has 1 aliphatic rings. The van der Waals surface area contributed by atoms with E-state index in [9.17, 15) is 18.3 Å². The van der Waals surface area contributed by atoms with Crippen LogP contribution in [0.3, 0.4) is 0 Å². The first-order valence-corrected chi connectivity index (χ1v) is 8.11. The molecule has 21 heavy (non-hydrogen) atoms. The van der Waals surface area contributed by atoms with E-state index in [1.54, 1.807) is 12.1 Å². The molecular formula is C13H18N2O5S. The van der Waals surface area contributed by atoms with Crippen molar-refractivity contribution in [1.82, 2.24) is 9.03 Å². The summed E-state index contributed by atoms with van der Waals surface area (Å²) in [6.45, 7) is 0.257. The number of rotatable bonds is 5. The number of nitrogens with zero attached hydrogens (tertiary/aromatic N) is 1. The quantitative estimate of drug-likeness (QED) is 0.740. The second-order valence-corrected chi connectivity index (χ2v) is 6.66. The van der Waals surface area contributed by atoms with Gasteiger partial charge in [-0.1, -0.05) is 12.1 Å². The number of carboxylic acids is 1. The van der Waals surface area contributed by atoms with Crippen LogP contribution in [0, 0.1) is 0 Å². The molecule has 0 spiro atoms. The van der Waals surface area contributed by atoms with Crippen LogP contribution in [-0.2, 0) is 21.5 Å². The van der Waals surface area contributed by atoms with E-state index in [0.717, 1.165) is 4.31 Å². The van der Waals surface area contributed by atoms with Crippen molar-refractivity contribution in [2.24, 2.45) is 0 Å². The predicted octanol–water partition coefficient (Wildman–Crippen LogP) is 0.666. The van der Waals surface area contributed by atoms with Crippen LogP contribution in [0.4, 0.5) is 0 Å². The Labute approximate surface area is 123 Å². The van der Waals surface area contributed by atoms with Crippen molar-refractivity contribution in [2.45, 2.75) is 31.8 Å². The number of benzene rings is 1. The smallest absolute Gasteiger partial charge is 0.322 e. The summed E-state index contributed by atoms with van der Waals surface area (Å²) in [6.07, 6.45) is 1.69. The Hall–Kier alpha value is -1.64. The number of carbonyl (C=O) groups is 1. The van der Waals surface area contributed by atoms with Crippen LogP contribution in [0.2, 0.25) is 0 Å². The lowest BCUT2D eigenvalue weighted by molar-refractivity contribution is -0.142. The minimum atomic E-state index is -3.85. The van der Waals surface area contributed by atoms with Crippen LogP contribution in [0.15, 0.2) is 24.3 Å². The Morgan fingerprint density at radius 2 is 1.95 bits per heavy atom. The van der Waals surface area contributed by atoms with Crippen LogP contribution in [-0.4, -0.2) is 41.5 Å². The third-order valence-corrected chi connectivity index (χ3v) is 5.01. The zero-order valence-corrected chi connectivity index (χ0v) is 12.2. The molecule has 0 aliphatic carbocycles. The highest BCUT2D eigenvalue weighted by Crippen LogP contribution is 2.20. The first kappa shape index (κ1) is 15.7. The van der Waals surface area contributed by atoms with Crippen molar-refractivity contribution >= 4 is 16.2 Å². The van der Waals surface area contributed by atoms with Crippen molar-refractivity contribution in [3.63, 3.8) is 0 Å². The predicted molar refractivity (Wildman–Crippen MR) is 75.8 cm³/mol. The lowest BCUT2D eigenvalue weighted by atomic mass is 10.1. The summed E-state index contributed by atoms with van der Waals surface area (Å²) in [6, 6.07) is 5.12. The Kier molecular flexibility index (Phi) is 4.81. The molecule has 0 amide bonds. The highest BCUT2D eigenvalue weighted by atomic mass is 32.2. The maximum absolute atomic E-state index is 12.2. The van der Waals surface area contributed by atoms with Crippen molar-refractivity contribution in [3.8, 4) is 5.75 Å². The molecular weight excluding hydrogens is 296 g/mol. The van der Waals surface area contributed by atoms with E-state index in [1.165, 1.54) is 12.1 Å². The van der Waals surface area contributed by atoms with E-state index in [0.29, 0.717) is 24.8 Å². The van der Waals surface area contributed by atoms with Gasteiger partial charge in [-0.2, -0.15) is 17.4 Å². The Bertz CT molecular complexity index is 599. The largest absolute Gasteiger partial charge is 0.508 e. The summed E-state index contributed by atoms with van der Waals surface area (Å²) < 4.78 is 27.9. The standard InChI is InChI=1S/C13H18N2O5S/c16-11-6-4-10(5-7-11)9-14-21(19,20)15-8-2-1-3-12(15)13(17)18/h4-7,12,14,16H,1-3,8-9H2,(H,17,18). The lowest BCUT2D eigenvalue weighted by Gasteiger charge is -2.31. The number of hydrogen-bond donors (Lipinski definition) is 3. The minimum absolute atomic E-state index is 0.0471. The topological polar surface area (TPSA) is 107 Å². The van der Waals surface area contributed by atoms with Gasteiger partial charge < -0.3 is 10.2 Å². The average molecular weight is 314 g/mol. The third kappa shape index (κ3) is 3.93. The Morgan fingerprint density at radius 1 is 1.29 bits per heavy atom. The van der Waals surface area contributed by atoms with Crippen LogP contribution in [0.25, 0.3) is 0 Å². The summed E-state index contributed by atoms with van der Waals surface area (Å²) in [5.41, 5.74) is 0.681. The van der Waals surface area contributed by atoms with E-state index in [2.05, 4.69) is 4.72 Å². The molecule has 116 valence electrons.